The average molecular weight is 510 g/mol. The van der Waals surface area contributed by atoms with Crippen LogP contribution >= 0.6 is 11.6 Å². The Labute approximate surface area is 227 Å². The van der Waals surface area contributed by atoms with E-state index in [-0.39, 0.29) is 0 Å². The number of aryl methyl sites for hydroxylation is 1. The lowest BCUT2D eigenvalue weighted by Crippen LogP contribution is -2.00. The molecule has 0 aliphatic rings. The van der Waals surface area contributed by atoms with Crippen molar-refractivity contribution in [2.24, 2.45) is 0 Å². The Hall–Kier alpha value is -4.60. The molecule has 0 unspecified atom stereocenters. The van der Waals surface area contributed by atoms with E-state index in [9.17, 15) is 0 Å². The van der Waals surface area contributed by atoms with Gasteiger partial charge in [-0.15, -0.1) is 0 Å². The molecule has 0 fully saturated rings. The summed E-state index contributed by atoms with van der Waals surface area (Å²) in [5, 5.41) is 0.718. The van der Waals surface area contributed by atoms with Gasteiger partial charge in [0.15, 0.2) is 17.5 Å². The van der Waals surface area contributed by atoms with E-state index in [1.807, 2.05) is 72.8 Å². The molecule has 6 rings (SSSR count). The zero-order chi connectivity index (χ0) is 25.9. The molecule has 182 valence electrons. The SMILES string of the molecule is Cc1ccc(-c2nc(-c3ccccc3)nc(-c3ccc(-c4ccccc4)cc3)n2)cc1-c1ccc(Cl)cc1. The molecule has 0 atom stereocenters. The van der Waals surface area contributed by atoms with Crippen molar-refractivity contribution in [3.63, 3.8) is 0 Å². The van der Waals surface area contributed by atoms with E-state index in [0.29, 0.717) is 17.5 Å². The van der Waals surface area contributed by atoms with Crippen LogP contribution in [0.2, 0.25) is 5.02 Å². The van der Waals surface area contributed by atoms with Crippen LogP contribution in [-0.4, -0.2) is 15.0 Å². The minimum Gasteiger partial charge on any atom is -0.208 e. The lowest BCUT2D eigenvalue weighted by molar-refractivity contribution is 1.07. The Morgan fingerprint density at radius 1 is 0.421 bits per heavy atom. The fourth-order valence-corrected chi connectivity index (χ4v) is 4.62. The van der Waals surface area contributed by atoms with Crippen LogP contribution in [-0.2, 0) is 0 Å². The molecule has 0 radical (unpaired) electrons. The molecule has 1 aromatic heterocycles. The molecule has 0 N–H and O–H groups in total. The lowest BCUT2D eigenvalue weighted by Gasteiger charge is -2.12. The van der Waals surface area contributed by atoms with Gasteiger partial charge in [-0.25, -0.2) is 15.0 Å². The van der Waals surface area contributed by atoms with Crippen molar-refractivity contribution in [1.82, 2.24) is 15.0 Å². The summed E-state index contributed by atoms with van der Waals surface area (Å²) >= 11 is 6.13. The number of hydrogen-bond donors (Lipinski definition) is 0. The normalized spacial score (nSPS) is 10.9. The van der Waals surface area contributed by atoms with E-state index in [2.05, 4.69) is 61.5 Å². The van der Waals surface area contributed by atoms with Gasteiger partial charge in [-0.2, -0.15) is 0 Å². The van der Waals surface area contributed by atoms with Crippen molar-refractivity contribution < 1.29 is 0 Å². The Balaban J connectivity index is 1.46. The molecule has 6 aromatic rings. The van der Waals surface area contributed by atoms with Crippen molar-refractivity contribution in [2.45, 2.75) is 6.92 Å². The Morgan fingerprint density at radius 3 is 1.45 bits per heavy atom. The quantitative estimate of drug-likeness (QED) is 0.232. The van der Waals surface area contributed by atoms with Crippen molar-refractivity contribution in [1.29, 1.82) is 0 Å². The number of hydrogen-bond acceptors (Lipinski definition) is 3. The Morgan fingerprint density at radius 2 is 0.842 bits per heavy atom. The molecule has 0 aliphatic carbocycles. The monoisotopic (exact) mass is 509 g/mol. The molecule has 0 aliphatic heterocycles. The zero-order valence-corrected chi connectivity index (χ0v) is 21.6. The maximum absolute atomic E-state index is 6.13. The van der Waals surface area contributed by atoms with Gasteiger partial charge in [0.2, 0.25) is 0 Å². The smallest absolute Gasteiger partial charge is 0.164 e. The van der Waals surface area contributed by atoms with Gasteiger partial charge in [0, 0.05) is 21.7 Å². The lowest BCUT2D eigenvalue weighted by atomic mass is 9.98. The second kappa shape index (κ2) is 10.4. The molecule has 0 saturated carbocycles. The summed E-state index contributed by atoms with van der Waals surface area (Å²) in [5.41, 5.74) is 8.54. The minimum absolute atomic E-state index is 0.635. The summed E-state index contributed by atoms with van der Waals surface area (Å²) in [7, 11) is 0. The molecule has 1 heterocycles. The van der Waals surface area contributed by atoms with Crippen molar-refractivity contribution in [3.05, 3.63) is 138 Å². The van der Waals surface area contributed by atoms with Gasteiger partial charge in [0.1, 0.15) is 0 Å². The number of benzene rings is 5. The maximum atomic E-state index is 6.13. The number of halogens is 1. The predicted molar refractivity (Wildman–Crippen MR) is 157 cm³/mol. The highest BCUT2D eigenvalue weighted by Gasteiger charge is 2.14. The van der Waals surface area contributed by atoms with Crippen molar-refractivity contribution in [2.75, 3.05) is 0 Å². The van der Waals surface area contributed by atoms with Crippen LogP contribution < -0.4 is 0 Å². The van der Waals surface area contributed by atoms with Gasteiger partial charge < -0.3 is 0 Å². The second-order valence-electron chi connectivity index (χ2n) is 9.15. The fourth-order valence-electron chi connectivity index (χ4n) is 4.49. The highest BCUT2D eigenvalue weighted by molar-refractivity contribution is 6.30. The summed E-state index contributed by atoms with van der Waals surface area (Å²) in [6, 6.07) is 43.0. The average Bonchev–Trinajstić information content (AvgIpc) is 2.99. The van der Waals surface area contributed by atoms with E-state index in [1.165, 1.54) is 11.1 Å². The number of nitrogens with zero attached hydrogens (tertiary/aromatic N) is 3. The highest BCUT2D eigenvalue weighted by atomic mass is 35.5. The van der Waals surface area contributed by atoms with E-state index in [4.69, 9.17) is 26.6 Å². The van der Waals surface area contributed by atoms with Gasteiger partial charge in [0.05, 0.1) is 0 Å². The van der Waals surface area contributed by atoms with Gasteiger partial charge >= 0.3 is 0 Å². The molecule has 0 bridgehead atoms. The second-order valence-corrected chi connectivity index (χ2v) is 9.59. The largest absolute Gasteiger partial charge is 0.208 e. The van der Waals surface area contributed by atoms with Crippen LogP contribution in [0.3, 0.4) is 0 Å². The van der Waals surface area contributed by atoms with E-state index < -0.39 is 0 Å². The van der Waals surface area contributed by atoms with Crippen LogP contribution in [0.4, 0.5) is 0 Å². The van der Waals surface area contributed by atoms with Crippen molar-refractivity contribution >= 4 is 11.6 Å². The Kier molecular flexibility index (Phi) is 6.51. The summed E-state index contributed by atoms with van der Waals surface area (Å²) < 4.78 is 0. The van der Waals surface area contributed by atoms with E-state index in [1.54, 1.807) is 0 Å². The third kappa shape index (κ3) is 4.97. The van der Waals surface area contributed by atoms with Gasteiger partial charge in [-0.1, -0.05) is 121 Å². The molecular formula is C34H24ClN3. The van der Waals surface area contributed by atoms with E-state index >= 15 is 0 Å². The molecule has 5 aromatic carbocycles. The number of rotatable bonds is 5. The van der Waals surface area contributed by atoms with Gasteiger partial charge in [-0.05, 0) is 52.9 Å². The van der Waals surface area contributed by atoms with Crippen LogP contribution in [0.1, 0.15) is 5.56 Å². The highest BCUT2D eigenvalue weighted by Crippen LogP contribution is 2.31. The minimum atomic E-state index is 0.635. The van der Waals surface area contributed by atoms with Crippen LogP contribution in [0, 0.1) is 6.92 Å². The maximum Gasteiger partial charge on any atom is 0.164 e. The summed E-state index contributed by atoms with van der Waals surface area (Å²) in [6.07, 6.45) is 0. The van der Waals surface area contributed by atoms with Crippen LogP contribution in [0.5, 0.6) is 0 Å². The topological polar surface area (TPSA) is 38.7 Å². The summed E-state index contributed by atoms with van der Waals surface area (Å²) in [5.74, 6) is 1.92. The third-order valence-electron chi connectivity index (χ3n) is 6.57. The van der Waals surface area contributed by atoms with Crippen molar-refractivity contribution in [3.8, 4) is 56.4 Å². The first-order valence-electron chi connectivity index (χ1n) is 12.5. The summed E-state index contributed by atoms with van der Waals surface area (Å²) in [4.78, 5) is 14.7. The fraction of sp³-hybridized carbons (Fsp3) is 0.0294. The van der Waals surface area contributed by atoms with E-state index in [0.717, 1.165) is 38.4 Å². The molecule has 4 heteroatoms. The third-order valence-corrected chi connectivity index (χ3v) is 6.82. The standard InChI is InChI=1S/C34H24ClN3/c1-23-12-13-29(22-31(23)26-18-20-30(35)21-19-26)34-37-32(27-10-6-3-7-11-27)36-33(38-34)28-16-14-25(15-17-28)24-8-4-2-5-9-24/h2-22H,1H3. The predicted octanol–water partition coefficient (Wildman–Crippen LogP) is 9.17. The molecule has 0 saturated heterocycles. The van der Waals surface area contributed by atoms with Gasteiger partial charge in [0.25, 0.3) is 0 Å². The van der Waals surface area contributed by atoms with Crippen LogP contribution in [0.15, 0.2) is 127 Å². The Bertz CT molecular complexity index is 1700. The first kappa shape index (κ1) is 23.8. The first-order valence-corrected chi connectivity index (χ1v) is 12.9. The number of aromatic nitrogens is 3. The molecule has 38 heavy (non-hydrogen) atoms. The molecular weight excluding hydrogens is 486 g/mol. The summed E-state index contributed by atoms with van der Waals surface area (Å²) in [6.45, 7) is 2.11. The molecule has 0 amide bonds. The van der Waals surface area contributed by atoms with Crippen LogP contribution in [0.25, 0.3) is 56.4 Å². The first-order chi connectivity index (χ1) is 18.6. The molecule has 0 spiro atoms. The zero-order valence-electron chi connectivity index (χ0n) is 20.8. The molecule has 3 nitrogen and oxygen atoms in total. The van der Waals surface area contributed by atoms with Gasteiger partial charge in [-0.3, -0.25) is 0 Å².